The van der Waals surface area contributed by atoms with Crippen LogP contribution >= 0.6 is 0 Å². The number of amides is 4. The Balaban J connectivity index is 1.27. The van der Waals surface area contributed by atoms with Crippen LogP contribution in [0.1, 0.15) is 44.8 Å². The van der Waals surface area contributed by atoms with Gasteiger partial charge in [-0.15, -0.1) is 0 Å². The first-order valence-corrected chi connectivity index (χ1v) is 10.4. The number of pyridine rings is 1. The molecule has 0 saturated carbocycles. The molecule has 2 N–H and O–H groups in total. The van der Waals surface area contributed by atoms with Crippen LogP contribution in [0.15, 0.2) is 54.7 Å². The molecular formula is C24H20N4O4. The highest BCUT2D eigenvalue weighted by Gasteiger charge is 2.39. The first kappa shape index (κ1) is 19.9. The summed E-state index contributed by atoms with van der Waals surface area (Å²) < 4.78 is 0. The fraction of sp³-hybridized carbons (Fsp3) is 0.208. The number of fused-ring (bicyclic) bond motifs is 2. The van der Waals surface area contributed by atoms with Crippen molar-refractivity contribution in [3.8, 4) is 0 Å². The van der Waals surface area contributed by atoms with Crippen LogP contribution in [0.5, 0.6) is 0 Å². The summed E-state index contributed by atoms with van der Waals surface area (Å²) in [5.74, 6) is -1.24. The zero-order chi connectivity index (χ0) is 22.2. The van der Waals surface area contributed by atoms with Gasteiger partial charge in [-0.3, -0.25) is 29.5 Å². The maximum absolute atomic E-state index is 12.8. The molecule has 2 aliphatic rings. The standard InChI is InChI=1S/C24H20N4O4/c29-21-8-7-20(23(31)27-21)28-13-17-9-14(5-6-18(17)24(28)32)11-26-22(30)19-10-15-3-1-2-4-16(15)12-25-19/h1-6,9-10,12,20H,7-8,11,13H2,(H,26,30)(H,27,29,31). The van der Waals surface area contributed by atoms with E-state index < -0.39 is 11.9 Å². The van der Waals surface area contributed by atoms with E-state index in [0.29, 0.717) is 24.2 Å². The second-order valence-electron chi connectivity index (χ2n) is 7.99. The van der Waals surface area contributed by atoms with E-state index in [1.165, 1.54) is 4.90 Å². The Bertz CT molecular complexity index is 1290. The van der Waals surface area contributed by atoms with E-state index >= 15 is 0 Å². The van der Waals surface area contributed by atoms with Gasteiger partial charge in [0.1, 0.15) is 11.7 Å². The largest absolute Gasteiger partial charge is 0.347 e. The van der Waals surface area contributed by atoms with E-state index in [-0.39, 0.29) is 30.7 Å². The van der Waals surface area contributed by atoms with Crippen molar-refractivity contribution in [2.45, 2.75) is 32.0 Å². The number of rotatable bonds is 4. The van der Waals surface area contributed by atoms with Crippen LogP contribution in [0.2, 0.25) is 0 Å². The Morgan fingerprint density at radius 3 is 2.72 bits per heavy atom. The summed E-state index contributed by atoms with van der Waals surface area (Å²) in [4.78, 5) is 54.6. The van der Waals surface area contributed by atoms with Crippen LogP contribution in [0.25, 0.3) is 10.8 Å². The molecule has 32 heavy (non-hydrogen) atoms. The summed E-state index contributed by atoms with van der Waals surface area (Å²) in [6.45, 7) is 0.585. The maximum Gasteiger partial charge on any atom is 0.270 e. The lowest BCUT2D eigenvalue weighted by atomic mass is 10.0. The van der Waals surface area contributed by atoms with Crippen molar-refractivity contribution in [3.05, 3.63) is 77.1 Å². The first-order chi connectivity index (χ1) is 15.5. The maximum atomic E-state index is 12.8. The van der Waals surface area contributed by atoms with Crippen LogP contribution < -0.4 is 10.6 Å². The van der Waals surface area contributed by atoms with Gasteiger partial charge in [0.2, 0.25) is 11.8 Å². The fourth-order valence-corrected chi connectivity index (χ4v) is 4.22. The quantitative estimate of drug-likeness (QED) is 0.618. The van der Waals surface area contributed by atoms with Crippen LogP contribution in [0.3, 0.4) is 0 Å². The number of hydrogen-bond donors (Lipinski definition) is 2. The summed E-state index contributed by atoms with van der Waals surface area (Å²) in [5, 5.41) is 7.07. The molecule has 8 heteroatoms. The molecule has 0 aliphatic carbocycles. The third-order valence-corrected chi connectivity index (χ3v) is 5.90. The Morgan fingerprint density at radius 1 is 1.09 bits per heavy atom. The van der Waals surface area contributed by atoms with Crippen LogP contribution in [-0.4, -0.2) is 39.6 Å². The molecule has 0 bridgehead atoms. The Labute approximate surface area is 183 Å². The van der Waals surface area contributed by atoms with E-state index in [0.717, 1.165) is 21.9 Å². The lowest BCUT2D eigenvalue weighted by Crippen LogP contribution is -2.52. The predicted octanol–water partition coefficient (Wildman–Crippen LogP) is 1.93. The first-order valence-electron chi connectivity index (χ1n) is 10.4. The number of piperidine rings is 1. The zero-order valence-electron chi connectivity index (χ0n) is 17.1. The number of carbonyl (C=O) groups excluding carboxylic acids is 4. The van der Waals surface area contributed by atoms with Crippen molar-refractivity contribution in [3.63, 3.8) is 0 Å². The minimum atomic E-state index is -0.644. The fourth-order valence-electron chi connectivity index (χ4n) is 4.22. The molecule has 1 fully saturated rings. The van der Waals surface area contributed by atoms with Crippen molar-refractivity contribution in [1.29, 1.82) is 0 Å². The van der Waals surface area contributed by atoms with E-state index in [1.54, 1.807) is 24.4 Å². The number of nitrogens with one attached hydrogen (secondary N) is 2. The molecule has 1 atom stereocenters. The molecule has 0 radical (unpaired) electrons. The topological polar surface area (TPSA) is 108 Å². The highest BCUT2D eigenvalue weighted by Crippen LogP contribution is 2.28. The van der Waals surface area contributed by atoms with Crippen molar-refractivity contribution in [2.24, 2.45) is 0 Å². The highest BCUT2D eigenvalue weighted by molar-refractivity contribution is 6.05. The monoisotopic (exact) mass is 428 g/mol. The molecule has 1 unspecified atom stereocenters. The molecule has 4 amide bonds. The third kappa shape index (κ3) is 3.60. The summed E-state index contributed by atoms with van der Waals surface area (Å²) >= 11 is 0. The van der Waals surface area contributed by atoms with Crippen LogP contribution in [-0.2, 0) is 22.7 Å². The van der Waals surface area contributed by atoms with Crippen molar-refractivity contribution in [2.75, 3.05) is 0 Å². The number of aromatic nitrogens is 1. The second-order valence-corrected chi connectivity index (χ2v) is 7.99. The molecule has 5 rings (SSSR count). The van der Waals surface area contributed by atoms with Gasteiger partial charge in [0.25, 0.3) is 11.8 Å². The van der Waals surface area contributed by atoms with Gasteiger partial charge >= 0.3 is 0 Å². The van der Waals surface area contributed by atoms with Crippen LogP contribution in [0, 0.1) is 0 Å². The summed E-state index contributed by atoms with van der Waals surface area (Å²) in [6.07, 6.45) is 2.22. The Morgan fingerprint density at radius 2 is 1.91 bits per heavy atom. The molecule has 8 nitrogen and oxygen atoms in total. The molecular weight excluding hydrogens is 408 g/mol. The summed E-state index contributed by atoms with van der Waals surface area (Å²) in [6, 6.07) is 14.2. The number of imide groups is 1. The van der Waals surface area contributed by atoms with Gasteiger partial charge in [0, 0.05) is 36.7 Å². The molecule has 160 valence electrons. The van der Waals surface area contributed by atoms with Gasteiger partial charge in [0.15, 0.2) is 0 Å². The Hall–Kier alpha value is -4.07. The second kappa shape index (κ2) is 7.88. The van der Waals surface area contributed by atoms with E-state index in [1.807, 2.05) is 30.3 Å². The lowest BCUT2D eigenvalue weighted by molar-refractivity contribution is -0.136. The van der Waals surface area contributed by atoms with Crippen LogP contribution in [0.4, 0.5) is 0 Å². The summed E-state index contributed by atoms with van der Waals surface area (Å²) in [5.41, 5.74) is 2.52. The lowest BCUT2D eigenvalue weighted by Gasteiger charge is -2.29. The van der Waals surface area contributed by atoms with Gasteiger partial charge in [-0.1, -0.05) is 36.4 Å². The minimum Gasteiger partial charge on any atom is -0.347 e. The van der Waals surface area contributed by atoms with Crippen molar-refractivity contribution >= 4 is 34.4 Å². The molecule has 0 spiro atoms. The highest BCUT2D eigenvalue weighted by atomic mass is 16.2. The average Bonchev–Trinajstić information content (AvgIpc) is 3.12. The number of benzene rings is 2. The van der Waals surface area contributed by atoms with Crippen molar-refractivity contribution < 1.29 is 19.2 Å². The molecule has 2 aromatic carbocycles. The molecule has 1 saturated heterocycles. The minimum absolute atomic E-state index is 0.217. The SMILES string of the molecule is O=C1CCC(N2Cc3cc(CNC(=O)c4cc5ccccc5cn4)ccc3C2=O)C(=O)N1. The number of nitrogens with zero attached hydrogens (tertiary/aromatic N) is 2. The Kier molecular flexibility index (Phi) is 4.89. The smallest absolute Gasteiger partial charge is 0.270 e. The summed E-state index contributed by atoms with van der Waals surface area (Å²) in [7, 11) is 0. The predicted molar refractivity (Wildman–Crippen MR) is 115 cm³/mol. The van der Waals surface area contributed by atoms with Crippen molar-refractivity contribution in [1.82, 2.24) is 20.5 Å². The molecule has 1 aromatic heterocycles. The zero-order valence-corrected chi connectivity index (χ0v) is 17.1. The normalized spacial score (nSPS) is 17.9. The van der Waals surface area contributed by atoms with E-state index in [9.17, 15) is 19.2 Å². The van der Waals surface area contributed by atoms with Gasteiger partial charge in [-0.25, -0.2) is 0 Å². The van der Waals surface area contributed by atoms with E-state index in [2.05, 4.69) is 15.6 Å². The number of hydrogen-bond acceptors (Lipinski definition) is 5. The average molecular weight is 428 g/mol. The van der Waals surface area contributed by atoms with Gasteiger partial charge in [0.05, 0.1) is 0 Å². The third-order valence-electron chi connectivity index (χ3n) is 5.90. The molecule has 3 aromatic rings. The van der Waals surface area contributed by atoms with Gasteiger partial charge in [-0.2, -0.15) is 0 Å². The van der Waals surface area contributed by atoms with E-state index in [4.69, 9.17) is 0 Å². The van der Waals surface area contributed by atoms with Gasteiger partial charge < -0.3 is 10.2 Å². The van der Waals surface area contributed by atoms with Gasteiger partial charge in [-0.05, 0) is 35.1 Å². The molecule has 3 heterocycles. The number of carbonyl (C=O) groups is 4. The molecule has 2 aliphatic heterocycles.